The number of halogens is 1. The molecule has 0 bridgehead atoms. The molecule has 1 aromatic heterocycles. The lowest BCUT2D eigenvalue weighted by Crippen LogP contribution is -2.32. The van der Waals surface area contributed by atoms with Crippen molar-refractivity contribution in [3.8, 4) is 0 Å². The first-order valence-electron chi connectivity index (χ1n) is 9.65. The summed E-state index contributed by atoms with van der Waals surface area (Å²) in [7, 11) is 0. The lowest BCUT2D eigenvalue weighted by molar-refractivity contribution is -0.138. The van der Waals surface area contributed by atoms with Crippen LogP contribution in [0.25, 0.3) is 0 Å². The van der Waals surface area contributed by atoms with Gasteiger partial charge in [-0.1, -0.05) is 48.6 Å². The number of amides is 2. The van der Waals surface area contributed by atoms with Crippen LogP contribution in [0.4, 0.5) is 0 Å². The fourth-order valence-electron chi connectivity index (χ4n) is 2.84. The van der Waals surface area contributed by atoms with Gasteiger partial charge in [0.15, 0.2) is 0 Å². The predicted molar refractivity (Wildman–Crippen MR) is 119 cm³/mol. The van der Waals surface area contributed by atoms with E-state index in [0.717, 1.165) is 25.9 Å². The Balaban J connectivity index is 1.86. The third-order valence-corrected chi connectivity index (χ3v) is 7.70. The molecule has 0 aromatic carbocycles. The molecule has 2 rings (SSSR count). The molecule has 2 heterocycles. The Morgan fingerprint density at radius 3 is 2.61 bits per heavy atom. The van der Waals surface area contributed by atoms with Crippen molar-refractivity contribution in [2.75, 3.05) is 12.9 Å². The Morgan fingerprint density at radius 1 is 1.32 bits per heavy atom. The SMILES string of the molecule is CCC(C)(CCn1cc(CN2C(=O)CC(I)C2=O)nn1)OCCC(C)(C)SC. The zero-order valence-electron chi connectivity index (χ0n) is 17.4. The molecule has 158 valence electrons. The van der Waals surface area contributed by atoms with E-state index >= 15 is 0 Å². The van der Waals surface area contributed by atoms with Gasteiger partial charge in [-0.25, -0.2) is 0 Å². The highest BCUT2D eigenvalue weighted by Gasteiger charge is 2.37. The van der Waals surface area contributed by atoms with Gasteiger partial charge < -0.3 is 4.74 Å². The van der Waals surface area contributed by atoms with Crippen molar-refractivity contribution in [1.82, 2.24) is 19.9 Å². The largest absolute Gasteiger partial charge is 0.375 e. The van der Waals surface area contributed by atoms with Crippen LogP contribution in [0.5, 0.6) is 0 Å². The maximum atomic E-state index is 12.0. The van der Waals surface area contributed by atoms with Crippen LogP contribution in [0, 0.1) is 0 Å². The molecule has 1 aromatic rings. The van der Waals surface area contributed by atoms with Gasteiger partial charge in [0, 0.05) is 24.3 Å². The summed E-state index contributed by atoms with van der Waals surface area (Å²) in [4.78, 5) is 25.2. The Labute approximate surface area is 185 Å². The Hall–Kier alpha value is -0.680. The average Bonchev–Trinajstić information content (AvgIpc) is 3.20. The van der Waals surface area contributed by atoms with Crippen LogP contribution in [0.2, 0.25) is 0 Å². The van der Waals surface area contributed by atoms with Crippen LogP contribution in [-0.2, 0) is 27.4 Å². The number of thioether (sulfide) groups is 1. The molecule has 1 fully saturated rings. The highest BCUT2D eigenvalue weighted by atomic mass is 127. The maximum Gasteiger partial charge on any atom is 0.243 e. The van der Waals surface area contributed by atoms with Crippen LogP contribution in [0.1, 0.15) is 59.1 Å². The molecule has 0 spiro atoms. The second-order valence-corrected chi connectivity index (χ2v) is 11.1. The van der Waals surface area contributed by atoms with Crippen molar-refractivity contribution < 1.29 is 14.3 Å². The fraction of sp³-hybridized carbons (Fsp3) is 0.789. The standard InChI is InChI=1S/C19H31IN4O3S/c1-6-19(4,27-10-8-18(2,3)28-5)7-9-23-12-14(21-22-23)13-24-16(25)11-15(20)17(24)26/h12,15H,6-11,13H2,1-5H3. The van der Waals surface area contributed by atoms with Crippen molar-refractivity contribution in [3.63, 3.8) is 0 Å². The van der Waals surface area contributed by atoms with E-state index in [1.165, 1.54) is 4.90 Å². The monoisotopic (exact) mass is 522 g/mol. The van der Waals surface area contributed by atoms with Gasteiger partial charge in [-0.3, -0.25) is 19.2 Å². The fourth-order valence-corrected chi connectivity index (χ4v) is 3.84. The molecule has 1 aliphatic rings. The second-order valence-electron chi connectivity index (χ2n) is 8.08. The molecule has 1 aliphatic heterocycles. The minimum atomic E-state index is -0.265. The number of carbonyl (C=O) groups is 2. The average molecular weight is 522 g/mol. The summed E-state index contributed by atoms with van der Waals surface area (Å²) in [5.41, 5.74) is 0.420. The number of hydrogen-bond acceptors (Lipinski definition) is 6. The maximum absolute atomic E-state index is 12.0. The van der Waals surface area contributed by atoms with Crippen molar-refractivity contribution in [3.05, 3.63) is 11.9 Å². The zero-order valence-corrected chi connectivity index (χ0v) is 20.4. The molecule has 9 heteroatoms. The van der Waals surface area contributed by atoms with E-state index in [1.54, 1.807) is 4.68 Å². The highest BCUT2D eigenvalue weighted by Crippen LogP contribution is 2.28. The number of alkyl halides is 1. The van der Waals surface area contributed by atoms with E-state index in [-0.39, 0.29) is 39.1 Å². The first-order chi connectivity index (χ1) is 13.1. The molecule has 2 unspecified atom stereocenters. The number of likely N-dealkylation sites (tertiary alicyclic amines) is 1. The van der Waals surface area contributed by atoms with Crippen LogP contribution >= 0.6 is 34.4 Å². The summed E-state index contributed by atoms with van der Waals surface area (Å²) in [6, 6.07) is 0. The molecule has 2 atom stereocenters. The Morgan fingerprint density at radius 2 is 2.04 bits per heavy atom. The van der Waals surface area contributed by atoms with Crippen LogP contribution in [0.3, 0.4) is 0 Å². The molecule has 28 heavy (non-hydrogen) atoms. The van der Waals surface area contributed by atoms with Crippen molar-refractivity contribution in [2.45, 2.75) is 80.7 Å². The summed E-state index contributed by atoms with van der Waals surface area (Å²) in [5, 5.41) is 8.28. The second kappa shape index (κ2) is 9.88. The van der Waals surface area contributed by atoms with Gasteiger partial charge in [-0.15, -0.1) is 5.10 Å². The lowest BCUT2D eigenvalue weighted by atomic mass is 9.98. The van der Waals surface area contributed by atoms with Crippen molar-refractivity contribution in [1.29, 1.82) is 0 Å². The third-order valence-electron chi connectivity index (χ3n) is 5.42. The third kappa shape index (κ3) is 6.41. The van der Waals surface area contributed by atoms with Gasteiger partial charge in [0.2, 0.25) is 11.8 Å². The Kier molecular flexibility index (Phi) is 8.33. The van der Waals surface area contributed by atoms with E-state index < -0.39 is 0 Å². The summed E-state index contributed by atoms with van der Waals surface area (Å²) >= 11 is 3.87. The van der Waals surface area contributed by atoms with Crippen LogP contribution < -0.4 is 0 Å². The molecular weight excluding hydrogens is 491 g/mol. The van der Waals surface area contributed by atoms with Gasteiger partial charge in [0.05, 0.1) is 22.3 Å². The van der Waals surface area contributed by atoms with Gasteiger partial charge in [0.25, 0.3) is 0 Å². The minimum Gasteiger partial charge on any atom is -0.375 e. The number of ether oxygens (including phenoxy) is 1. The van der Waals surface area contributed by atoms with Crippen molar-refractivity contribution in [2.24, 2.45) is 0 Å². The van der Waals surface area contributed by atoms with E-state index in [1.807, 2.05) is 40.5 Å². The number of nitrogens with zero attached hydrogens (tertiary/aromatic N) is 4. The molecule has 0 radical (unpaired) electrons. The summed E-state index contributed by atoms with van der Waals surface area (Å²) in [5.74, 6) is -0.278. The molecular formula is C19H31IN4O3S. The summed E-state index contributed by atoms with van der Waals surface area (Å²) < 4.78 is 7.94. The van der Waals surface area contributed by atoms with Gasteiger partial charge in [-0.2, -0.15) is 11.8 Å². The first kappa shape index (κ1) is 23.6. The summed E-state index contributed by atoms with van der Waals surface area (Å²) in [6.45, 7) is 10.4. The molecule has 1 saturated heterocycles. The van der Waals surface area contributed by atoms with E-state index in [4.69, 9.17) is 4.74 Å². The number of rotatable bonds is 11. The smallest absolute Gasteiger partial charge is 0.243 e. The number of carbonyl (C=O) groups excluding carboxylic acids is 2. The molecule has 0 saturated carbocycles. The lowest BCUT2D eigenvalue weighted by Gasteiger charge is -2.31. The molecule has 0 N–H and O–H groups in total. The van der Waals surface area contributed by atoms with Crippen LogP contribution in [-0.4, -0.2) is 58.8 Å². The van der Waals surface area contributed by atoms with Gasteiger partial charge in [-0.05, 0) is 32.4 Å². The number of aromatic nitrogens is 3. The van der Waals surface area contributed by atoms with E-state index in [0.29, 0.717) is 12.2 Å². The highest BCUT2D eigenvalue weighted by molar-refractivity contribution is 14.1. The topological polar surface area (TPSA) is 77.3 Å². The van der Waals surface area contributed by atoms with Gasteiger partial charge in [0.1, 0.15) is 5.69 Å². The van der Waals surface area contributed by atoms with E-state index in [2.05, 4.69) is 44.3 Å². The first-order valence-corrected chi connectivity index (χ1v) is 12.1. The number of aryl methyl sites for hydroxylation is 1. The van der Waals surface area contributed by atoms with Crippen molar-refractivity contribution >= 4 is 46.2 Å². The quantitative estimate of drug-likeness (QED) is 0.252. The summed E-state index contributed by atoms with van der Waals surface area (Å²) in [6.07, 6.45) is 6.96. The molecule has 0 aliphatic carbocycles. The van der Waals surface area contributed by atoms with Gasteiger partial charge >= 0.3 is 0 Å². The number of imide groups is 1. The Bertz CT molecular complexity index is 696. The minimum absolute atomic E-state index is 0.139. The van der Waals surface area contributed by atoms with E-state index in [9.17, 15) is 9.59 Å². The predicted octanol–water partition coefficient (Wildman–Crippen LogP) is 3.45. The number of hydrogen-bond donors (Lipinski definition) is 0. The normalized spacial score (nSPS) is 20.1. The molecule has 7 nitrogen and oxygen atoms in total. The molecule has 2 amide bonds. The zero-order chi connectivity index (χ0) is 20.9. The van der Waals surface area contributed by atoms with Crippen LogP contribution in [0.15, 0.2) is 6.20 Å².